The minimum Gasteiger partial charge on any atom is -0.348 e. The number of aromatic nitrogens is 1. The highest BCUT2D eigenvalue weighted by molar-refractivity contribution is 7.17. The lowest BCUT2D eigenvalue weighted by atomic mass is 9.80. The minimum absolute atomic E-state index is 0.361. The summed E-state index contributed by atoms with van der Waals surface area (Å²) in [6, 6.07) is 0. The van der Waals surface area contributed by atoms with Crippen LogP contribution in [-0.4, -0.2) is 24.4 Å². The third-order valence-corrected chi connectivity index (χ3v) is 4.29. The Kier molecular flexibility index (Phi) is 3.02. The van der Waals surface area contributed by atoms with Crippen molar-refractivity contribution in [1.29, 1.82) is 0 Å². The van der Waals surface area contributed by atoms with Crippen LogP contribution in [0.4, 0.5) is 5.13 Å². The Balaban J connectivity index is 2.06. The number of carbonyl (C=O) groups is 1. The summed E-state index contributed by atoms with van der Waals surface area (Å²) in [7, 11) is 0. The van der Waals surface area contributed by atoms with Gasteiger partial charge in [0.1, 0.15) is 0 Å². The van der Waals surface area contributed by atoms with Crippen molar-refractivity contribution in [2.45, 2.75) is 27.2 Å². The summed E-state index contributed by atoms with van der Waals surface area (Å²) in [6.07, 6.45) is 3.76. The van der Waals surface area contributed by atoms with Gasteiger partial charge in [0.15, 0.2) is 11.4 Å². The number of anilines is 1. The normalized spacial score (nSPS) is 21.4. The maximum atomic E-state index is 10.6. The molecule has 16 heavy (non-hydrogen) atoms. The molecule has 3 nitrogen and oxygen atoms in total. The van der Waals surface area contributed by atoms with Crippen LogP contribution in [0.25, 0.3) is 0 Å². The molecule has 0 N–H and O–H groups in total. The molecule has 1 atom stereocenters. The second-order valence-electron chi connectivity index (χ2n) is 5.46. The standard InChI is InChI=1S/C12H18N2OS/c1-12(2,3)9-4-5-14(7-9)11-13-6-10(8-15)16-11/h6,8-9H,4-5,7H2,1-3H3. The molecule has 0 radical (unpaired) electrons. The quantitative estimate of drug-likeness (QED) is 0.743. The fourth-order valence-electron chi connectivity index (χ4n) is 2.12. The Hall–Kier alpha value is -0.900. The van der Waals surface area contributed by atoms with E-state index in [9.17, 15) is 4.79 Å². The van der Waals surface area contributed by atoms with Crippen LogP contribution >= 0.6 is 11.3 Å². The van der Waals surface area contributed by atoms with Gasteiger partial charge in [0.2, 0.25) is 0 Å². The van der Waals surface area contributed by atoms with E-state index < -0.39 is 0 Å². The van der Waals surface area contributed by atoms with Crippen LogP contribution in [0.5, 0.6) is 0 Å². The van der Waals surface area contributed by atoms with Gasteiger partial charge in [-0.15, -0.1) is 0 Å². The lowest BCUT2D eigenvalue weighted by molar-refractivity contribution is 0.112. The van der Waals surface area contributed by atoms with Crippen LogP contribution < -0.4 is 4.90 Å². The third-order valence-electron chi connectivity index (χ3n) is 3.31. The van der Waals surface area contributed by atoms with Crippen molar-refractivity contribution < 1.29 is 4.79 Å². The van der Waals surface area contributed by atoms with Crippen molar-refractivity contribution >= 4 is 22.8 Å². The van der Waals surface area contributed by atoms with E-state index in [1.54, 1.807) is 6.20 Å². The summed E-state index contributed by atoms with van der Waals surface area (Å²) in [6.45, 7) is 9.00. The van der Waals surface area contributed by atoms with Crippen LogP contribution in [0.1, 0.15) is 36.9 Å². The van der Waals surface area contributed by atoms with Crippen LogP contribution in [0, 0.1) is 11.3 Å². The second-order valence-corrected chi connectivity index (χ2v) is 6.50. The first-order valence-corrected chi connectivity index (χ1v) is 6.48. The highest BCUT2D eigenvalue weighted by Crippen LogP contribution is 2.36. The molecule has 1 saturated heterocycles. The van der Waals surface area contributed by atoms with Crippen LogP contribution in [0.15, 0.2) is 6.20 Å². The number of nitrogens with zero attached hydrogens (tertiary/aromatic N) is 2. The molecule has 0 aromatic carbocycles. The largest absolute Gasteiger partial charge is 0.348 e. The summed E-state index contributed by atoms with van der Waals surface area (Å²) >= 11 is 1.49. The van der Waals surface area contributed by atoms with Gasteiger partial charge in [-0.3, -0.25) is 4.79 Å². The first-order chi connectivity index (χ1) is 7.50. The Morgan fingerprint density at radius 2 is 2.31 bits per heavy atom. The van der Waals surface area contributed by atoms with Gasteiger partial charge in [0, 0.05) is 13.1 Å². The summed E-state index contributed by atoms with van der Waals surface area (Å²) in [5.74, 6) is 0.719. The van der Waals surface area contributed by atoms with E-state index in [0.717, 1.165) is 30.4 Å². The van der Waals surface area contributed by atoms with Gasteiger partial charge in [-0.2, -0.15) is 0 Å². The molecule has 2 rings (SSSR count). The molecule has 0 aliphatic carbocycles. The predicted octanol–water partition coefficient (Wildman–Crippen LogP) is 2.83. The number of rotatable bonds is 2. The minimum atomic E-state index is 0.361. The molecule has 0 amide bonds. The van der Waals surface area contributed by atoms with Crippen LogP contribution in [-0.2, 0) is 0 Å². The van der Waals surface area contributed by atoms with E-state index in [0.29, 0.717) is 10.3 Å². The average molecular weight is 238 g/mol. The van der Waals surface area contributed by atoms with Crippen molar-refractivity contribution in [1.82, 2.24) is 4.98 Å². The van der Waals surface area contributed by atoms with Gasteiger partial charge < -0.3 is 4.90 Å². The van der Waals surface area contributed by atoms with E-state index in [-0.39, 0.29) is 0 Å². The maximum absolute atomic E-state index is 10.6. The lowest BCUT2D eigenvalue weighted by Gasteiger charge is -2.26. The molecule has 1 unspecified atom stereocenters. The monoisotopic (exact) mass is 238 g/mol. The van der Waals surface area contributed by atoms with Gasteiger partial charge in [-0.25, -0.2) is 4.98 Å². The zero-order valence-corrected chi connectivity index (χ0v) is 10.9. The van der Waals surface area contributed by atoms with Gasteiger partial charge >= 0.3 is 0 Å². The Morgan fingerprint density at radius 1 is 1.56 bits per heavy atom. The number of hydrogen-bond donors (Lipinski definition) is 0. The molecular weight excluding hydrogens is 220 g/mol. The SMILES string of the molecule is CC(C)(C)C1CCN(c2ncc(C=O)s2)C1. The van der Waals surface area contributed by atoms with Crippen molar-refractivity contribution in [2.75, 3.05) is 18.0 Å². The first-order valence-electron chi connectivity index (χ1n) is 5.66. The highest BCUT2D eigenvalue weighted by Gasteiger charge is 2.32. The fourth-order valence-corrected chi connectivity index (χ4v) is 2.88. The molecule has 2 heterocycles. The number of aldehydes is 1. The average Bonchev–Trinajstić information content (AvgIpc) is 2.85. The molecule has 1 aromatic heterocycles. The second kappa shape index (κ2) is 4.17. The van der Waals surface area contributed by atoms with Crippen LogP contribution in [0.3, 0.4) is 0 Å². The van der Waals surface area contributed by atoms with E-state index >= 15 is 0 Å². The maximum Gasteiger partial charge on any atom is 0.185 e. The molecule has 0 bridgehead atoms. The van der Waals surface area contributed by atoms with E-state index in [1.807, 2.05) is 0 Å². The molecule has 0 saturated carbocycles. The third kappa shape index (κ3) is 2.26. The Morgan fingerprint density at radius 3 is 2.81 bits per heavy atom. The summed E-state index contributed by atoms with van der Waals surface area (Å²) < 4.78 is 0. The summed E-state index contributed by atoms with van der Waals surface area (Å²) in [5, 5.41) is 0.994. The number of thiazole rings is 1. The number of hydrogen-bond acceptors (Lipinski definition) is 4. The molecule has 0 spiro atoms. The van der Waals surface area contributed by atoms with Gasteiger partial charge in [0.05, 0.1) is 11.1 Å². The van der Waals surface area contributed by atoms with Gasteiger partial charge in [-0.05, 0) is 17.8 Å². The van der Waals surface area contributed by atoms with Crippen molar-refractivity contribution in [3.05, 3.63) is 11.1 Å². The molecular formula is C12H18N2OS. The molecule has 1 aromatic rings. The van der Waals surface area contributed by atoms with Crippen molar-refractivity contribution in [3.63, 3.8) is 0 Å². The number of carbonyl (C=O) groups excluding carboxylic acids is 1. The summed E-state index contributed by atoms with van der Waals surface area (Å²) in [4.78, 5) is 17.9. The fraction of sp³-hybridized carbons (Fsp3) is 0.667. The molecule has 1 aliphatic rings. The molecule has 4 heteroatoms. The zero-order valence-electron chi connectivity index (χ0n) is 10.1. The van der Waals surface area contributed by atoms with Crippen molar-refractivity contribution in [2.24, 2.45) is 11.3 Å². The zero-order chi connectivity index (χ0) is 11.8. The van der Waals surface area contributed by atoms with Gasteiger partial charge in [0.25, 0.3) is 0 Å². The Bertz CT molecular complexity index is 381. The lowest BCUT2D eigenvalue weighted by Crippen LogP contribution is -2.25. The summed E-state index contributed by atoms with van der Waals surface area (Å²) in [5.41, 5.74) is 0.361. The van der Waals surface area contributed by atoms with E-state index in [4.69, 9.17) is 0 Å². The van der Waals surface area contributed by atoms with E-state index in [1.165, 1.54) is 17.8 Å². The Labute approximate surface area is 100 Å². The van der Waals surface area contributed by atoms with Crippen molar-refractivity contribution in [3.8, 4) is 0 Å². The highest BCUT2D eigenvalue weighted by atomic mass is 32.1. The smallest absolute Gasteiger partial charge is 0.185 e. The van der Waals surface area contributed by atoms with Crippen LogP contribution in [0.2, 0.25) is 0 Å². The molecule has 1 aliphatic heterocycles. The predicted molar refractivity (Wildman–Crippen MR) is 67.3 cm³/mol. The first kappa shape index (κ1) is 11.6. The van der Waals surface area contributed by atoms with E-state index in [2.05, 4.69) is 30.7 Å². The molecule has 1 fully saturated rings. The molecule has 88 valence electrons. The topological polar surface area (TPSA) is 33.2 Å². The van der Waals surface area contributed by atoms with Gasteiger partial charge in [-0.1, -0.05) is 32.1 Å².